The number of aromatic nitrogens is 1. The van der Waals surface area contributed by atoms with Crippen molar-refractivity contribution in [3.05, 3.63) is 23.0 Å². The molecule has 0 aliphatic rings. The Bertz CT molecular complexity index is 475. The molecule has 0 radical (unpaired) electrons. The van der Waals surface area contributed by atoms with Gasteiger partial charge in [-0.3, -0.25) is 4.79 Å². The number of carboxylic acid groups (broad SMARTS) is 1. The molecule has 1 amide bonds. The first kappa shape index (κ1) is 14.3. The first-order valence-corrected chi connectivity index (χ1v) is 5.97. The van der Waals surface area contributed by atoms with Crippen LogP contribution in [-0.4, -0.2) is 27.6 Å². The van der Waals surface area contributed by atoms with Crippen LogP contribution in [-0.2, 0) is 4.79 Å². The number of carboxylic acids is 1. The molecule has 0 saturated heterocycles. The van der Waals surface area contributed by atoms with Crippen LogP contribution in [0.5, 0.6) is 0 Å². The molecule has 0 fully saturated rings. The maximum Gasteiger partial charge on any atom is 0.337 e. The van der Waals surface area contributed by atoms with E-state index in [4.69, 9.17) is 5.11 Å². The minimum Gasteiger partial charge on any atom is -0.478 e. The van der Waals surface area contributed by atoms with E-state index in [1.807, 2.05) is 13.8 Å². The molecular weight excluding hydrogens is 232 g/mol. The highest BCUT2D eigenvalue weighted by molar-refractivity contribution is 5.90. The van der Waals surface area contributed by atoms with Gasteiger partial charge in [-0.05, 0) is 40.7 Å². The third kappa shape index (κ3) is 2.72. The average molecular weight is 252 g/mol. The van der Waals surface area contributed by atoms with Gasteiger partial charge in [-0.2, -0.15) is 0 Å². The molecule has 0 aliphatic carbocycles. The summed E-state index contributed by atoms with van der Waals surface area (Å²) in [7, 11) is 0. The fourth-order valence-corrected chi connectivity index (χ4v) is 2.11. The summed E-state index contributed by atoms with van der Waals surface area (Å²) in [5.74, 6) is -1.07. The highest BCUT2D eigenvalue weighted by Gasteiger charge is 2.22. The predicted molar refractivity (Wildman–Crippen MR) is 68.9 cm³/mol. The molecule has 5 heteroatoms. The van der Waals surface area contributed by atoms with E-state index in [1.165, 1.54) is 0 Å². The summed E-state index contributed by atoms with van der Waals surface area (Å²) in [5.41, 5.74) is 1.62. The Morgan fingerprint density at radius 2 is 1.83 bits per heavy atom. The Morgan fingerprint density at radius 3 is 2.22 bits per heavy atom. The van der Waals surface area contributed by atoms with Gasteiger partial charge in [0.25, 0.3) is 0 Å². The van der Waals surface area contributed by atoms with Crippen molar-refractivity contribution in [2.45, 2.75) is 46.7 Å². The third-order valence-electron chi connectivity index (χ3n) is 2.91. The van der Waals surface area contributed by atoms with Gasteiger partial charge in [0.05, 0.1) is 5.56 Å². The number of nitrogens with zero attached hydrogens (tertiary/aromatic N) is 1. The number of hydrogen-bond donors (Lipinski definition) is 2. The third-order valence-corrected chi connectivity index (χ3v) is 2.91. The van der Waals surface area contributed by atoms with E-state index in [9.17, 15) is 9.59 Å². The van der Waals surface area contributed by atoms with Crippen molar-refractivity contribution in [3.8, 4) is 0 Å². The molecule has 1 aromatic heterocycles. The van der Waals surface area contributed by atoms with E-state index in [0.717, 1.165) is 5.69 Å². The van der Waals surface area contributed by atoms with E-state index in [-0.39, 0.29) is 17.5 Å². The predicted octanol–water partition coefficient (Wildman–Crippen LogP) is 1.89. The van der Waals surface area contributed by atoms with Gasteiger partial charge in [0.15, 0.2) is 0 Å². The van der Waals surface area contributed by atoms with Crippen LogP contribution in [0.1, 0.15) is 48.6 Å². The molecule has 0 aromatic carbocycles. The van der Waals surface area contributed by atoms with Gasteiger partial charge in [0, 0.05) is 17.4 Å². The molecule has 1 heterocycles. The van der Waals surface area contributed by atoms with Gasteiger partial charge in [0.1, 0.15) is 6.04 Å². The molecule has 100 valence electrons. The lowest BCUT2D eigenvalue weighted by Crippen LogP contribution is -2.36. The quantitative estimate of drug-likeness (QED) is 0.859. The SMILES string of the molecule is Cc1cc(C(=O)O)c(C)n1C(C)C(=O)NC(C)C. The van der Waals surface area contributed by atoms with E-state index in [0.29, 0.717) is 5.69 Å². The molecule has 2 N–H and O–H groups in total. The summed E-state index contributed by atoms with van der Waals surface area (Å²) < 4.78 is 1.75. The zero-order valence-corrected chi connectivity index (χ0v) is 11.4. The lowest BCUT2D eigenvalue weighted by Gasteiger charge is -2.19. The van der Waals surface area contributed by atoms with Crippen LogP contribution >= 0.6 is 0 Å². The van der Waals surface area contributed by atoms with Crippen molar-refractivity contribution in [2.75, 3.05) is 0 Å². The maximum absolute atomic E-state index is 12.0. The Balaban J connectivity index is 3.10. The van der Waals surface area contributed by atoms with Crippen LogP contribution in [0.25, 0.3) is 0 Å². The smallest absolute Gasteiger partial charge is 0.337 e. The van der Waals surface area contributed by atoms with Gasteiger partial charge in [-0.25, -0.2) is 4.79 Å². The van der Waals surface area contributed by atoms with E-state index in [2.05, 4.69) is 5.32 Å². The lowest BCUT2D eigenvalue weighted by atomic mass is 10.2. The summed E-state index contributed by atoms with van der Waals surface area (Å²) in [6.45, 7) is 9.07. The Morgan fingerprint density at radius 1 is 1.28 bits per heavy atom. The summed E-state index contributed by atoms with van der Waals surface area (Å²) in [4.78, 5) is 23.0. The second-order valence-electron chi connectivity index (χ2n) is 4.80. The van der Waals surface area contributed by atoms with Crippen molar-refractivity contribution in [1.29, 1.82) is 0 Å². The molecule has 0 aliphatic heterocycles. The number of nitrogens with one attached hydrogen (secondary N) is 1. The second-order valence-corrected chi connectivity index (χ2v) is 4.80. The Kier molecular flexibility index (Phi) is 4.16. The lowest BCUT2D eigenvalue weighted by molar-refractivity contribution is -0.124. The molecule has 18 heavy (non-hydrogen) atoms. The van der Waals surface area contributed by atoms with Crippen LogP contribution < -0.4 is 5.32 Å². The highest BCUT2D eigenvalue weighted by Crippen LogP contribution is 2.20. The number of aryl methyl sites for hydroxylation is 1. The molecule has 5 nitrogen and oxygen atoms in total. The monoisotopic (exact) mass is 252 g/mol. The summed E-state index contributed by atoms with van der Waals surface area (Å²) in [6.07, 6.45) is 0. The van der Waals surface area contributed by atoms with Crippen molar-refractivity contribution in [1.82, 2.24) is 9.88 Å². The first-order chi connectivity index (χ1) is 8.25. The first-order valence-electron chi connectivity index (χ1n) is 5.97. The molecule has 1 atom stereocenters. The van der Waals surface area contributed by atoms with Gasteiger partial charge < -0.3 is 15.0 Å². The molecule has 0 bridgehead atoms. The number of carbonyl (C=O) groups excluding carboxylic acids is 1. The van der Waals surface area contributed by atoms with E-state index < -0.39 is 12.0 Å². The fraction of sp³-hybridized carbons (Fsp3) is 0.538. The highest BCUT2D eigenvalue weighted by atomic mass is 16.4. The largest absolute Gasteiger partial charge is 0.478 e. The van der Waals surface area contributed by atoms with Gasteiger partial charge in [-0.15, -0.1) is 0 Å². The normalized spacial score (nSPS) is 12.6. The zero-order valence-electron chi connectivity index (χ0n) is 11.4. The number of amides is 1. The summed E-state index contributed by atoms with van der Waals surface area (Å²) in [5, 5.41) is 11.9. The van der Waals surface area contributed by atoms with Crippen LogP contribution in [0.3, 0.4) is 0 Å². The molecule has 1 aromatic rings. The molecule has 1 unspecified atom stereocenters. The Hall–Kier alpha value is -1.78. The minimum atomic E-state index is -0.967. The van der Waals surface area contributed by atoms with Gasteiger partial charge >= 0.3 is 5.97 Å². The van der Waals surface area contributed by atoms with Crippen molar-refractivity contribution < 1.29 is 14.7 Å². The van der Waals surface area contributed by atoms with Crippen LogP contribution in [0.4, 0.5) is 0 Å². The minimum absolute atomic E-state index is 0.0649. The van der Waals surface area contributed by atoms with Gasteiger partial charge in [-0.1, -0.05) is 0 Å². The molecular formula is C13H20N2O3. The zero-order chi connectivity index (χ0) is 14.0. The number of hydrogen-bond acceptors (Lipinski definition) is 2. The molecule has 1 rings (SSSR count). The van der Waals surface area contributed by atoms with Crippen molar-refractivity contribution >= 4 is 11.9 Å². The molecule has 0 spiro atoms. The number of carbonyl (C=O) groups is 2. The topological polar surface area (TPSA) is 71.3 Å². The average Bonchev–Trinajstić information content (AvgIpc) is 2.52. The standard InChI is InChI=1S/C13H20N2O3/c1-7(2)14-12(16)10(5)15-8(3)6-11(9(15)4)13(17)18/h6-7,10H,1-5H3,(H,14,16)(H,17,18). The Labute approximate surface area is 107 Å². The van der Waals surface area contributed by atoms with Crippen molar-refractivity contribution in [2.24, 2.45) is 0 Å². The number of aromatic carboxylic acids is 1. The maximum atomic E-state index is 12.0. The number of rotatable bonds is 4. The van der Waals surface area contributed by atoms with E-state index in [1.54, 1.807) is 31.4 Å². The second kappa shape index (κ2) is 5.25. The fourth-order valence-electron chi connectivity index (χ4n) is 2.11. The summed E-state index contributed by atoms with van der Waals surface area (Å²) >= 11 is 0. The van der Waals surface area contributed by atoms with Gasteiger partial charge in [0.2, 0.25) is 5.91 Å². The van der Waals surface area contributed by atoms with Crippen molar-refractivity contribution in [3.63, 3.8) is 0 Å². The van der Waals surface area contributed by atoms with Crippen LogP contribution in [0, 0.1) is 13.8 Å². The van der Waals surface area contributed by atoms with Crippen LogP contribution in [0.15, 0.2) is 6.07 Å². The van der Waals surface area contributed by atoms with Crippen LogP contribution in [0.2, 0.25) is 0 Å². The molecule has 0 saturated carbocycles. The summed E-state index contributed by atoms with van der Waals surface area (Å²) in [6, 6.07) is 1.24. The van der Waals surface area contributed by atoms with E-state index >= 15 is 0 Å².